The molecule has 1 aromatic carbocycles. The second kappa shape index (κ2) is 9.71. The predicted molar refractivity (Wildman–Crippen MR) is 64.5 cm³/mol. The highest BCUT2D eigenvalue weighted by molar-refractivity contribution is 6.46. The van der Waals surface area contributed by atoms with Crippen molar-refractivity contribution in [1.29, 1.82) is 0 Å². The van der Waals surface area contributed by atoms with Gasteiger partial charge in [-0.2, -0.15) is 0 Å². The second-order valence-corrected chi connectivity index (χ2v) is 3.58. The van der Waals surface area contributed by atoms with Crippen LogP contribution in [0.5, 0.6) is 0 Å². The van der Waals surface area contributed by atoms with Crippen LogP contribution in [0, 0.1) is 5.92 Å². The fourth-order valence-electron chi connectivity index (χ4n) is 0.991. The van der Waals surface area contributed by atoms with E-state index in [9.17, 15) is 0 Å². The van der Waals surface area contributed by atoms with Crippen molar-refractivity contribution in [3.8, 4) is 0 Å². The van der Waals surface area contributed by atoms with Crippen LogP contribution in [0.15, 0.2) is 30.3 Å². The van der Waals surface area contributed by atoms with Gasteiger partial charge < -0.3 is 15.6 Å². The van der Waals surface area contributed by atoms with Gasteiger partial charge >= 0.3 is 7.48 Å². The summed E-state index contributed by atoms with van der Waals surface area (Å²) in [5.74, 6) is 0.712. The second-order valence-electron chi connectivity index (χ2n) is 3.58. The minimum Gasteiger partial charge on any atom is -0.434 e. The zero-order chi connectivity index (χ0) is 9.52. The fourth-order valence-corrected chi connectivity index (χ4v) is 0.991. The van der Waals surface area contributed by atoms with Gasteiger partial charge in [0.25, 0.3) is 0 Å². The van der Waals surface area contributed by atoms with E-state index in [2.05, 4.69) is 13.8 Å². The summed E-state index contributed by atoms with van der Waals surface area (Å²) in [7, 11) is 1.82. The molecule has 4 heteroatoms. The van der Waals surface area contributed by atoms with Crippen LogP contribution < -0.4 is 5.46 Å². The number of hydrogen-bond acceptors (Lipinski definition) is 1. The van der Waals surface area contributed by atoms with Crippen LogP contribution in [0.3, 0.4) is 0 Å². The Bertz CT molecular complexity index is 227. The third-order valence-electron chi connectivity index (χ3n) is 1.83. The minimum absolute atomic E-state index is 0. The van der Waals surface area contributed by atoms with Gasteiger partial charge in [-0.05, 0) is 12.3 Å². The Morgan fingerprint density at radius 2 is 1.73 bits per heavy atom. The molecule has 0 unspecified atom stereocenters. The summed E-state index contributed by atoms with van der Waals surface area (Å²) < 4.78 is 5.41. The molecule has 0 aliphatic carbocycles. The Morgan fingerprint density at radius 3 is 2.27 bits per heavy atom. The molecule has 0 aliphatic rings. The third-order valence-corrected chi connectivity index (χ3v) is 1.83. The van der Waals surface area contributed by atoms with Gasteiger partial charge in [0.2, 0.25) is 0 Å². The van der Waals surface area contributed by atoms with Crippen LogP contribution in [0.4, 0.5) is 0 Å². The SMILES string of the molecule is CC(C)CCO[B]c1ccccc1.O.O. The first-order chi connectivity index (χ1) is 6.29. The van der Waals surface area contributed by atoms with Crippen molar-refractivity contribution in [2.75, 3.05) is 6.61 Å². The molecule has 0 atom stereocenters. The standard InChI is InChI=1S/C11H16BO.2H2O/c1-10(2)8-9-13-12-11-6-4-3-5-7-11;;/h3-7,10H,8-9H2,1-2H3;2*1H2. The topological polar surface area (TPSA) is 72.2 Å². The van der Waals surface area contributed by atoms with Gasteiger partial charge in [0.05, 0.1) is 0 Å². The molecular formula is C11H20BO3. The van der Waals surface area contributed by atoms with E-state index in [0.717, 1.165) is 18.5 Å². The summed E-state index contributed by atoms with van der Waals surface area (Å²) in [6.07, 6.45) is 1.11. The average molecular weight is 211 g/mol. The molecule has 0 fully saturated rings. The van der Waals surface area contributed by atoms with Crippen LogP contribution >= 0.6 is 0 Å². The summed E-state index contributed by atoms with van der Waals surface area (Å²) in [6, 6.07) is 10.1. The van der Waals surface area contributed by atoms with E-state index in [1.807, 2.05) is 37.8 Å². The number of rotatable bonds is 5. The lowest BCUT2D eigenvalue weighted by atomic mass is 9.88. The zero-order valence-corrected chi connectivity index (χ0v) is 9.36. The molecule has 0 amide bonds. The zero-order valence-electron chi connectivity index (χ0n) is 9.36. The molecule has 0 saturated heterocycles. The molecule has 0 aliphatic heterocycles. The average Bonchev–Trinajstić information content (AvgIpc) is 2.14. The highest BCUT2D eigenvalue weighted by Gasteiger charge is 1.97. The van der Waals surface area contributed by atoms with Gasteiger partial charge in [-0.3, -0.25) is 0 Å². The lowest BCUT2D eigenvalue weighted by Crippen LogP contribution is -2.17. The van der Waals surface area contributed by atoms with Crippen LogP contribution in [0.1, 0.15) is 20.3 Å². The normalized spacial score (nSPS) is 9.00. The number of hydrogen-bond donors (Lipinski definition) is 0. The van der Waals surface area contributed by atoms with E-state index in [0.29, 0.717) is 5.92 Å². The van der Waals surface area contributed by atoms with E-state index in [1.165, 1.54) is 0 Å². The molecule has 1 aromatic rings. The summed E-state index contributed by atoms with van der Waals surface area (Å²) in [6.45, 7) is 5.21. The molecule has 4 N–H and O–H groups in total. The molecule has 0 bridgehead atoms. The van der Waals surface area contributed by atoms with Gasteiger partial charge in [-0.15, -0.1) is 0 Å². The Kier molecular flexibility index (Phi) is 10.7. The maximum Gasteiger partial charge on any atom is 0.329 e. The smallest absolute Gasteiger partial charge is 0.329 e. The Morgan fingerprint density at radius 1 is 1.13 bits per heavy atom. The van der Waals surface area contributed by atoms with Crippen molar-refractivity contribution < 1.29 is 15.6 Å². The van der Waals surface area contributed by atoms with Gasteiger partial charge in [0.1, 0.15) is 0 Å². The Labute approximate surface area is 92.4 Å². The summed E-state index contributed by atoms with van der Waals surface area (Å²) in [5, 5.41) is 0. The van der Waals surface area contributed by atoms with Gasteiger partial charge in [0, 0.05) is 6.61 Å². The molecule has 0 heterocycles. The molecule has 0 aromatic heterocycles. The van der Waals surface area contributed by atoms with Crippen molar-refractivity contribution in [3.05, 3.63) is 30.3 Å². The maximum atomic E-state index is 5.41. The van der Waals surface area contributed by atoms with E-state index in [4.69, 9.17) is 4.65 Å². The third kappa shape index (κ3) is 8.18. The maximum absolute atomic E-state index is 5.41. The van der Waals surface area contributed by atoms with E-state index < -0.39 is 0 Å². The molecule has 1 radical (unpaired) electrons. The van der Waals surface area contributed by atoms with Crippen molar-refractivity contribution in [2.45, 2.75) is 20.3 Å². The monoisotopic (exact) mass is 211 g/mol. The lowest BCUT2D eigenvalue weighted by Gasteiger charge is -2.04. The summed E-state index contributed by atoms with van der Waals surface area (Å²) >= 11 is 0. The first kappa shape index (κ1) is 16.6. The van der Waals surface area contributed by atoms with Crippen molar-refractivity contribution >= 4 is 12.9 Å². The molecule has 3 nitrogen and oxygen atoms in total. The molecule has 15 heavy (non-hydrogen) atoms. The van der Waals surface area contributed by atoms with Crippen LogP contribution in [0.2, 0.25) is 0 Å². The fraction of sp³-hybridized carbons (Fsp3) is 0.455. The molecule has 1 rings (SSSR count). The number of benzene rings is 1. The lowest BCUT2D eigenvalue weighted by molar-refractivity contribution is 0.308. The molecular weight excluding hydrogens is 191 g/mol. The molecule has 0 spiro atoms. The van der Waals surface area contributed by atoms with E-state index >= 15 is 0 Å². The highest BCUT2D eigenvalue weighted by Crippen LogP contribution is 1.97. The highest BCUT2D eigenvalue weighted by atomic mass is 16.4. The molecule has 0 saturated carbocycles. The van der Waals surface area contributed by atoms with Crippen molar-refractivity contribution in [3.63, 3.8) is 0 Å². The van der Waals surface area contributed by atoms with Crippen molar-refractivity contribution in [1.82, 2.24) is 0 Å². The van der Waals surface area contributed by atoms with E-state index in [-0.39, 0.29) is 11.0 Å². The minimum atomic E-state index is 0. The Balaban J connectivity index is 0. The first-order valence-corrected chi connectivity index (χ1v) is 4.79. The largest absolute Gasteiger partial charge is 0.434 e. The summed E-state index contributed by atoms with van der Waals surface area (Å²) in [4.78, 5) is 0. The van der Waals surface area contributed by atoms with Gasteiger partial charge in [0.15, 0.2) is 0 Å². The van der Waals surface area contributed by atoms with Gasteiger partial charge in [-0.1, -0.05) is 49.6 Å². The van der Waals surface area contributed by atoms with Crippen molar-refractivity contribution in [2.24, 2.45) is 5.92 Å². The van der Waals surface area contributed by atoms with Crippen LogP contribution in [0.25, 0.3) is 0 Å². The van der Waals surface area contributed by atoms with Gasteiger partial charge in [-0.25, -0.2) is 0 Å². The predicted octanol–water partition coefficient (Wildman–Crippen LogP) is 0.344. The van der Waals surface area contributed by atoms with E-state index in [1.54, 1.807) is 0 Å². The molecule has 85 valence electrons. The van der Waals surface area contributed by atoms with Crippen LogP contribution in [-0.2, 0) is 4.65 Å². The first-order valence-electron chi connectivity index (χ1n) is 4.79. The summed E-state index contributed by atoms with van der Waals surface area (Å²) in [5.41, 5.74) is 1.13. The Hall–Kier alpha value is -0.835. The van der Waals surface area contributed by atoms with Crippen LogP contribution in [-0.4, -0.2) is 25.0 Å². The quantitative estimate of drug-likeness (QED) is 0.511.